The minimum absolute atomic E-state index is 0.0307. The Labute approximate surface area is 187 Å². The van der Waals surface area contributed by atoms with Crippen molar-refractivity contribution in [2.75, 3.05) is 20.1 Å². The highest BCUT2D eigenvalue weighted by Gasteiger charge is 2.36. The molecule has 1 heterocycles. The second-order valence-corrected chi connectivity index (χ2v) is 8.69. The average Bonchev–Trinajstić information content (AvgIpc) is 3.12. The van der Waals surface area contributed by atoms with E-state index in [1.54, 1.807) is 24.3 Å². The lowest BCUT2D eigenvalue weighted by atomic mass is 10.0. The molecule has 32 heavy (non-hydrogen) atoms. The quantitative estimate of drug-likeness (QED) is 0.539. The monoisotopic (exact) mass is 437 g/mol. The average molecular weight is 438 g/mol. The Kier molecular flexibility index (Phi) is 6.51. The third-order valence-corrected chi connectivity index (χ3v) is 5.94. The van der Waals surface area contributed by atoms with E-state index >= 15 is 0 Å². The van der Waals surface area contributed by atoms with Crippen molar-refractivity contribution in [3.05, 3.63) is 107 Å². The lowest BCUT2D eigenvalue weighted by Gasteiger charge is -2.30. The number of carbonyl (C=O) groups is 1. The first-order chi connectivity index (χ1) is 15.4. The third kappa shape index (κ3) is 5.51. The summed E-state index contributed by atoms with van der Waals surface area (Å²) < 4.78 is 34.2. The van der Waals surface area contributed by atoms with Crippen LogP contribution >= 0.6 is 0 Å². The van der Waals surface area contributed by atoms with Crippen molar-refractivity contribution < 1.29 is 22.8 Å². The number of ether oxygens (including phenoxy) is 1. The smallest absolute Gasteiger partial charge is 0.408 e. The molecular weight excluding hydrogens is 410 g/mol. The predicted octanol–water partition coefficient (Wildman–Crippen LogP) is 5.20. The van der Waals surface area contributed by atoms with E-state index in [1.807, 2.05) is 18.2 Å². The Bertz CT molecular complexity index is 1030. The molecule has 6 heteroatoms. The Morgan fingerprint density at radius 1 is 1.00 bits per heavy atom. The number of benzene rings is 3. The molecule has 1 amide bonds. The molecule has 0 bridgehead atoms. The van der Waals surface area contributed by atoms with Crippen molar-refractivity contribution in [3.8, 4) is 0 Å². The summed E-state index contributed by atoms with van der Waals surface area (Å²) in [5.41, 5.74) is 2.15. The van der Waals surface area contributed by atoms with Crippen LogP contribution in [0.3, 0.4) is 0 Å². The van der Waals surface area contributed by atoms with Gasteiger partial charge >= 0.3 is 6.09 Å². The van der Waals surface area contributed by atoms with Gasteiger partial charge in [0.25, 0.3) is 0 Å². The highest BCUT2D eigenvalue weighted by molar-refractivity contribution is 5.68. The van der Waals surface area contributed by atoms with Gasteiger partial charge in [0.1, 0.15) is 18.2 Å². The van der Waals surface area contributed by atoms with Crippen LogP contribution in [0.4, 0.5) is 13.6 Å². The van der Waals surface area contributed by atoms with Gasteiger partial charge in [0.05, 0.1) is 26.2 Å². The van der Waals surface area contributed by atoms with Gasteiger partial charge in [-0.3, -0.25) is 0 Å². The number of hydrogen-bond acceptors (Lipinski definition) is 2. The number of alkyl carbamates (subject to hydrolysis) is 1. The summed E-state index contributed by atoms with van der Waals surface area (Å²) in [4.78, 5) is 12.8. The maximum absolute atomic E-state index is 13.8. The molecule has 0 radical (unpaired) electrons. The summed E-state index contributed by atoms with van der Waals surface area (Å²) >= 11 is 0. The summed E-state index contributed by atoms with van der Waals surface area (Å²) in [5, 5.41) is 2.95. The standard InChI is InChI=1S/C26H26F2N2O2/c1-30(17-19-7-3-2-4-8-19)14-13-24(18-30)29-26(31)32-25(20-9-5-11-22(27)15-20)21-10-6-12-23(28)16-21/h2-12,15-16,24-25H,13-14,17-18H2,1H3/p+1. The molecule has 1 saturated heterocycles. The zero-order valence-electron chi connectivity index (χ0n) is 18.0. The molecule has 0 aromatic heterocycles. The fourth-order valence-electron chi connectivity index (χ4n) is 4.44. The number of amides is 1. The highest BCUT2D eigenvalue weighted by atomic mass is 19.1. The molecule has 3 aromatic carbocycles. The normalized spacial score (nSPS) is 20.3. The van der Waals surface area contributed by atoms with Crippen LogP contribution in [0.1, 0.15) is 29.2 Å². The maximum atomic E-state index is 13.8. The number of likely N-dealkylation sites (N-methyl/N-ethyl adjacent to an activating group) is 1. The van der Waals surface area contributed by atoms with Gasteiger partial charge in [-0.1, -0.05) is 54.6 Å². The van der Waals surface area contributed by atoms with E-state index in [-0.39, 0.29) is 6.04 Å². The predicted molar refractivity (Wildman–Crippen MR) is 119 cm³/mol. The molecule has 166 valence electrons. The van der Waals surface area contributed by atoms with Crippen LogP contribution in [0.15, 0.2) is 78.9 Å². The zero-order chi connectivity index (χ0) is 22.6. The summed E-state index contributed by atoms with van der Waals surface area (Å²) in [7, 11) is 2.18. The second-order valence-electron chi connectivity index (χ2n) is 8.69. The number of halogens is 2. The van der Waals surface area contributed by atoms with E-state index in [2.05, 4.69) is 24.5 Å². The summed E-state index contributed by atoms with van der Waals surface area (Å²) in [6, 6.07) is 21.9. The Balaban J connectivity index is 1.44. The van der Waals surface area contributed by atoms with Crippen LogP contribution in [0.5, 0.6) is 0 Å². The molecule has 4 nitrogen and oxygen atoms in total. The Morgan fingerprint density at radius 3 is 2.22 bits per heavy atom. The van der Waals surface area contributed by atoms with Crippen LogP contribution < -0.4 is 5.32 Å². The lowest BCUT2D eigenvalue weighted by Crippen LogP contribution is -2.45. The summed E-state index contributed by atoms with van der Waals surface area (Å²) in [6.07, 6.45) is -0.669. The van der Waals surface area contributed by atoms with Gasteiger partial charge in [0, 0.05) is 12.0 Å². The van der Waals surface area contributed by atoms with Crippen molar-refractivity contribution in [2.45, 2.75) is 25.1 Å². The zero-order valence-corrected chi connectivity index (χ0v) is 18.0. The van der Waals surface area contributed by atoms with Gasteiger partial charge in [-0.05, 0) is 35.4 Å². The molecule has 1 aliphatic rings. The Morgan fingerprint density at radius 2 is 1.62 bits per heavy atom. The van der Waals surface area contributed by atoms with Crippen LogP contribution in [0.25, 0.3) is 0 Å². The van der Waals surface area contributed by atoms with Crippen molar-refractivity contribution >= 4 is 6.09 Å². The molecule has 1 fully saturated rings. The fourth-order valence-corrected chi connectivity index (χ4v) is 4.44. The maximum Gasteiger partial charge on any atom is 0.408 e. The van der Waals surface area contributed by atoms with Gasteiger partial charge in [0.2, 0.25) is 0 Å². The molecule has 1 N–H and O–H groups in total. The topological polar surface area (TPSA) is 38.3 Å². The van der Waals surface area contributed by atoms with Crippen LogP contribution in [0.2, 0.25) is 0 Å². The number of carbonyl (C=O) groups excluding carboxylic acids is 1. The first-order valence-corrected chi connectivity index (χ1v) is 10.8. The molecule has 4 rings (SSSR count). The first-order valence-electron chi connectivity index (χ1n) is 10.8. The van der Waals surface area contributed by atoms with E-state index < -0.39 is 23.8 Å². The molecule has 2 atom stereocenters. The molecular formula is C26H27F2N2O2+. The molecule has 0 aliphatic carbocycles. The molecule has 0 spiro atoms. The summed E-state index contributed by atoms with van der Waals surface area (Å²) in [5.74, 6) is -0.893. The van der Waals surface area contributed by atoms with Crippen LogP contribution in [-0.4, -0.2) is 36.8 Å². The highest BCUT2D eigenvalue weighted by Crippen LogP contribution is 2.28. The van der Waals surface area contributed by atoms with Gasteiger partial charge in [0.15, 0.2) is 6.10 Å². The van der Waals surface area contributed by atoms with Gasteiger partial charge < -0.3 is 14.5 Å². The van der Waals surface area contributed by atoms with Crippen molar-refractivity contribution in [3.63, 3.8) is 0 Å². The van der Waals surface area contributed by atoms with Gasteiger partial charge in [-0.2, -0.15) is 0 Å². The van der Waals surface area contributed by atoms with Crippen LogP contribution in [-0.2, 0) is 11.3 Å². The van der Waals surface area contributed by atoms with E-state index in [4.69, 9.17) is 4.74 Å². The number of nitrogens with zero attached hydrogens (tertiary/aromatic N) is 1. The van der Waals surface area contributed by atoms with Crippen LogP contribution in [0, 0.1) is 11.6 Å². The van der Waals surface area contributed by atoms with Gasteiger partial charge in [-0.15, -0.1) is 0 Å². The Hall–Kier alpha value is -3.25. The number of quaternary nitrogens is 1. The second kappa shape index (κ2) is 9.49. The fraction of sp³-hybridized carbons (Fsp3) is 0.269. The third-order valence-electron chi connectivity index (χ3n) is 5.94. The number of nitrogens with one attached hydrogen (secondary N) is 1. The minimum atomic E-state index is -0.909. The number of hydrogen-bond donors (Lipinski definition) is 1. The van der Waals surface area contributed by atoms with Crippen molar-refractivity contribution in [2.24, 2.45) is 0 Å². The van der Waals surface area contributed by atoms with Crippen molar-refractivity contribution in [1.82, 2.24) is 5.32 Å². The minimum Gasteiger partial charge on any atom is -0.436 e. The molecule has 2 unspecified atom stereocenters. The summed E-state index contributed by atoms with van der Waals surface area (Å²) in [6.45, 7) is 2.62. The van der Waals surface area contributed by atoms with E-state index in [0.717, 1.165) is 30.5 Å². The first kappa shape index (κ1) is 22.0. The lowest BCUT2D eigenvalue weighted by molar-refractivity contribution is -0.911. The largest absolute Gasteiger partial charge is 0.436 e. The number of likely N-dealkylation sites (tertiary alicyclic amines) is 1. The SMILES string of the molecule is C[N+]1(Cc2ccccc2)CCC(NC(=O)OC(c2cccc(F)c2)c2cccc(F)c2)C1. The van der Waals surface area contributed by atoms with Crippen molar-refractivity contribution in [1.29, 1.82) is 0 Å². The van der Waals surface area contributed by atoms with E-state index in [0.29, 0.717) is 11.1 Å². The number of rotatable bonds is 6. The molecule has 3 aromatic rings. The van der Waals surface area contributed by atoms with E-state index in [9.17, 15) is 13.6 Å². The van der Waals surface area contributed by atoms with Gasteiger partial charge in [-0.25, -0.2) is 13.6 Å². The molecule has 0 saturated carbocycles. The van der Waals surface area contributed by atoms with E-state index in [1.165, 1.54) is 29.8 Å². The molecule has 1 aliphatic heterocycles.